The Balaban J connectivity index is 1.93. The van der Waals surface area contributed by atoms with Crippen LogP contribution in [0.4, 0.5) is 0 Å². The van der Waals surface area contributed by atoms with Crippen molar-refractivity contribution in [3.63, 3.8) is 0 Å². The smallest absolute Gasteiger partial charge is 0.144 e. The molecule has 3 nitrogen and oxygen atoms in total. The number of benzene rings is 3. The van der Waals surface area contributed by atoms with Gasteiger partial charge in [-0.1, -0.05) is 36.4 Å². The molecule has 0 aliphatic carbocycles. The highest BCUT2D eigenvalue weighted by molar-refractivity contribution is 5.80. The molecular weight excluding hydrogens is 356 g/mol. The Bertz CT molecular complexity index is 1150. The summed E-state index contributed by atoms with van der Waals surface area (Å²) in [5.41, 5.74) is 9.49. The number of methoxy groups -OCH3 is 1. The molecule has 3 aromatic carbocycles. The van der Waals surface area contributed by atoms with Gasteiger partial charge in [0.15, 0.2) is 0 Å². The van der Waals surface area contributed by atoms with Crippen molar-refractivity contribution in [2.75, 3.05) is 7.11 Å². The normalized spacial score (nSPS) is 10.9. The van der Waals surface area contributed by atoms with Crippen molar-refractivity contribution in [2.24, 2.45) is 0 Å². The van der Waals surface area contributed by atoms with Gasteiger partial charge in [0.05, 0.1) is 12.8 Å². The number of imidazole rings is 1. The Labute approximate surface area is 172 Å². The quantitative estimate of drug-likeness (QED) is 0.406. The van der Waals surface area contributed by atoms with Gasteiger partial charge >= 0.3 is 0 Å². The topological polar surface area (TPSA) is 27.1 Å². The molecule has 0 radical (unpaired) electrons. The van der Waals surface area contributed by atoms with E-state index in [-0.39, 0.29) is 0 Å². The molecule has 0 N–H and O–H groups in total. The maximum absolute atomic E-state index is 5.71. The average molecular weight is 383 g/mol. The van der Waals surface area contributed by atoms with Crippen LogP contribution in [-0.2, 0) is 0 Å². The molecular formula is C26H26N2O. The van der Waals surface area contributed by atoms with Crippen LogP contribution in [0, 0.1) is 27.7 Å². The Morgan fingerprint density at radius 1 is 0.793 bits per heavy atom. The standard InChI is InChI=1S/C26H26N2O/c1-17-8-6-9-18(2)24(17)22-16-21(12-13-23(22)29-5)26-27-14-15-28(26)25-19(3)10-7-11-20(25)4/h6-16H,1-5H3. The summed E-state index contributed by atoms with van der Waals surface area (Å²) < 4.78 is 7.89. The van der Waals surface area contributed by atoms with Gasteiger partial charge in [0.25, 0.3) is 0 Å². The first-order valence-electron chi connectivity index (χ1n) is 9.86. The zero-order valence-corrected chi connectivity index (χ0v) is 17.7. The van der Waals surface area contributed by atoms with Gasteiger partial charge in [-0.2, -0.15) is 0 Å². The first-order valence-corrected chi connectivity index (χ1v) is 9.86. The zero-order valence-electron chi connectivity index (χ0n) is 17.7. The van der Waals surface area contributed by atoms with Gasteiger partial charge in [-0.3, -0.25) is 4.57 Å². The summed E-state index contributed by atoms with van der Waals surface area (Å²) in [5.74, 6) is 1.80. The first-order chi connectivity index (χ1) is 14.0. The van der Waals surface area contributed by atoms with Crippen molar-refractivity contribution >= 4 is 0 Å². The molecule has 0 fully saturated rings. The molecule has 0 saturated carbocycles. The van der Waals surface area contributed by atoms with E-state index in [0.717, 1.165) is 22.7 Å². The molecule has 0 spiro atoms. The summed E-state index contributed by atoms with van der Waals surface area (Å²) in [4.78, 5) is 4.70. The minimum absolute atomic E-state index is 0.872. The minimum atomic E-state index is 0.872. The lowest BCUT2D eigenvalue weighted by Crippen LogP contribution is -2.02. The molecule has 29 heavy (non-hydrogen) atoms. The largest absolute Gasteiger partial charge is 0.496 e. The highest BCUT2D eigenvalue weighted by Crippen LogP contribution is 2.38. The van der Waals surface area contributed by atoms with Crippen LogP contribution >= 0.6 is 0 Å². The molecule has 0 bridgehead atoms. The summed E-state index contributed by atoms with van der Waals surface area (Å²) >= 11 is 0. The van der Waals surface area contributed by atoms with Crippen molar-refractivity contribution in [2.45, 2.75) is 27.7 Å². The Morgan fingerprint density at radius 2 is 1.41 bits per heavy atom. The highest BCUT2D eigenvalue weighted by Gasteiger charge is 2.16. The Hall–Kier alpha value is -3.33. The van der Waals surface area contributed by atoms with Crippen LogP contribution in [0.2, 0.25) is 0 Å². The number of hydrogen-bond acceptors (Lipinski definition) is 2. The van der Waals surface area contributed by atoms with Crippen LogP contribution in [0.5, 0.6) is 5.75 Å². The fraction of sp³-hybridized carbons (Fsp3) is 0.192. The molecule has 1 aromatic heterocycles. The van der Waals surface area contributed by atoms with Gasteiger partial charge in [0.2, 0.25) is 0 Å². The summed E-state index contributed by atoms with van der Waals surface area (Å²) in [6, 6.07) is 19.1. The number of hydrogen-bond donors (Lipinski definition) is 0. The van der Waals surface area contributed by atoms with Crippen molar-refractivity contribution in [3.05, 3.63) is 89.2 Å². The van der Waals surface area contributed by atoms with Crippen LogP contribution in [0.25, 0.3) is 28.2 Å². The third-order valence-electron chi connectivity index (χ3n) is 5.53. The summed E-state index contributed by atoms with van der Waals surface area (Å²) in [6.07, 6.45) is 3.90. The second-order valence-corrected chi connectivity index (χ2v) is 7.54. The van der Waals surface area contributed by atoms with E-state index < -0.39 is 0 Å². The van der Waals surface area contributed by atoms with Gasteiger partial charge in [-0.25, -0.2) is 4.98 Å². The van der Waals surface area contributed by atoms with Crippen LogP contribution in [-0.4, -0.2) is 16.7 Å². The predicted octanol–water partition coefficient (Wildman–Crippen LogP) is 6.45. The average Bonchev–Trinajstić information content (AvgIpc) is 3.17. The van der Waals surface area contributed by atoms with Gasteiger partial charge in [0, 0.05) is 23.5 Å². The van der Waals surface area contributed by atoms with Crippen LogP contribution in [0.3, 0.4) is 0 Å². The van der Waals surface area contributed by atoms with E-state index in [0.29, 0.717) is 0 Å². The zero-order chi connectivity index (χ0) is 20.5. The SMILES string of the molecule is COc1ccc(-c2nccn2-c2c(C)cccc2C)cc1-c1c(C)cccc1C. The fourth-order valence-corrected chi connectivity index (χ4v) is 4.16. The molecule has 3 heteroatoms. The molecule has 1 heterocycles. The molecule has 0 amide bonds. The second-order valence-electron chi connectivity index (χ2n) is 7.54. The number of nitrogens with zero attached hydrogens (tertiary/aromatic N) is 2. The van der Waals surface area contributed by atoms with E-state index in [2.05, 4.69) is 80.8 Å². The molecule has 146 valence electrons. The Morgan fingerprint density at radius 3 is 2.03 bits per heavy atom. The maximum atomic E-state index is 5.71. The number of para-hydroxylation sites is 1. The van der Waals surface area contributed by atoms with E-state index in [9.17, 15) is 0 Å². The van der Waals surface area contributed by atoms with E-state index in [1.807, 2.05) is 18.5 Å². The molecule has 0 unspecified atom stereocenters. The number of aromatic nitrogens is 2. The summed E-state index contributed by atoms with van der Waals surface area (Å²) in [5, 5.41) is 0. The van der Waals surface area contributed by atoms with E-state index >= 15 is 0 Å². The van der Waals surface area contributed by atoms with E-state index in [1.165, 1.54) is 33.5 Å². The van der Waals surface area contributed by atoms with Crippen molar-refractivity contribution in [1.82, 2.24) is 9.55 Å². The molecule has 4 rings (SSSR count). The third-order valence-corrected chi connectivity index (χ3v) is 5.53. The number of ether oxygens (including phenoxy) is 1. The highest BCUT2D eigenvalue weighted by atomic mass is 16.5. The predicted molar refractivity (Wildman–Crippen MR) is 120 cm³/mol. The molecule has 0 saturated heterocycles. The Kier molecular flexibility index (Phi) is 4.98. The summed E-state index contributed by atoms with van der Waals surface area (Å²) in [7, 11) is 1.73. The van der Waals surface area contributed by atoms with Crippen molar-refractivity contribution in [1.29, 1.82) is 0 Å². The van der Waals surface area contributed by atoms with Gasteiger partial charge in [-0.05, 0) is 73.7 Å². The van der Waals surface area contributed by atoms with Crippen LogP contribution < -0.4 is 4.74 Å². The van der Waals surface area contributed by atoms with E-state index in [4.69, 9.17) is 9.72 Å². The lowest BCUT2D eigenvalue weighted by molar-refractivity contribution is 0.416. The van der Waals surface area contributed by atoms with Crippen molar-refractivity contribution < 1.29 is 4.74 Å². The van der Waals surface area contributed by atoms with Crippen LogP contribution in [0.1, 0.15) is 22.3 Å². The molecule has 4 aromatic rings. The maximum Gasteiger partial charge on any atom is 0.144 e. The molecule has 0 atom stereocenters. The first kappa shape index (κ1) is 19.0. The number of rotatable bonds is 4. The lowest BCUT2D eigenvalue weighted by atomic mass is 9.93. The lowest BCUT2D eigenvalue weighted by Gasteiger charge is -2.17. The minimum Gasteiger partial charge on any atom is -0.496 e. The summed E-state index contributed by atoms with van der Waals surface area (Å²) in [6.45, 7) is 8.57. The van der Waals surface area contributed by atoms with E-state index in [1.54, 1.807) is 7.11 Å². The van der Waals surface area contributed by atoms with Gasteiger partial charge in [-0.15, -0.1) is 0 Å². The molecule has 0 aliphatic heterocycles. The van der Waals surface area contributed by atoms with Crippen molar-refractivity contribution in [3.8, 4) is 34.0 Å². The van der Waals surface area contributed by atoms with Gasteiger partial charge < -0.3 is 4.74 Å². The van der Waals surface area contributed by atoms with Crippen LogP contribution in [0.15, 0.2) is 67.0 Å². The number of aryl methyl sites for hydroxylation is 4. The third kappa shape index (κ3) is 3.33. The second kappa shape index (κ2) is 7.59. The fourth-order valence-electron chi connectivity index (χ4n) is 4.16. The van der Waals surface area contributed by atoms with Gasteiger partial charge in [0.1, 0.15) is 11.6 Å². The molecule has 0 aliphatic rings. The monoisotopic (exact) mass is 382 g/mol.